The molecule has 1 aliphatic heterocycles. The van der Waals surface area contributed by atoms with Gasteiger partial charge in [0.15, 0.2) is 6.61 Å². The maximum atomic E-state index is 14.3. The zero-order valence-corrected chi connectivity index (χ0v) is 19.2. The van der Waals surface area contributed by atoms with Crippen LogP contribution in [0.1, 0.15) is 62.2 Å². The number of benzene rings is 1. The van der Waals surface area contributed by atoms with Gasteiger partial charge in [0.2, 0.25) is 10.0 Å². The van der Waals surface area contributed by atoms with Crippen molar-refractivity contribution < 1.29 is 27.1 Å². The molecule has 1 amide bonds. The fourth-order valence-electron chi connectivity index (χ4n) is 5.60. The maximum Gasteiger partial charge on any atom is 0.338 e. The fraction of sp³-hybridized carbons (Fsp3) is 0.652. The predicted octanol–water partition coefficient (Wildman–Crippen LogP) is 3.10. The van der Waals surface area contributed by atoms with Crippen molar-refractivity contribution in [2.24, 2.45) is 17.8 Å². The number of piperidine rings is 1. The molecule has 1 aromatic carbocycles. The highest BCUT2D eigenvalue weighted by atomic mass is 32.2. The Morgan fingerprint density at radius 3 is 2.59 bits per heavy atom. The highest BCUT2D eigenvalue weighted by Crippen LogP contribution is 2.49. The van der Waals surface area contributed by atoms with Gasteiger partial charge < -0.3 is 10.1 Å². The molecular weight excluding hydrogens is 435 g/mol. The Balaban J connectivity index is 1.35. The van der Waals surface area contributed by atoms with E-state index in [1.807, 2.05) is 6.92 Å². The minimum atomic E-state index is -4.04. The third-order valence-electron chi connectivity index (χ3n) is 7.26. The van der Waals surface area contributed by atoms with Gasteiger partial charge in [-0.1, -0.05) is 12.8 Å². The first kappa shape index (κ1) is 23.2. The number of carbonyl (C=O) groups excluding carboxylic acids is 2. The number of sulfonamides is 1. The van der Waals surface area contributed by atoms with Crippen LogP contribution in [0, 0.1) is 23.6 Å². The number of carbonyl (C=O) groups is 2. The number of hydrogen-bond acceptors (Lipinski definition) is 5. The van der Waals surface area contributed by atoms with Crippen LogP contribution in [0.3, 0.4) is 0 Å². The van der Waals surface area contributed by atoms with Crippen LogP contribution in [0.4, 0.5) is 4.39 Å². The topological polar surface area (TPSA) is 92.8 Å². The van der Waals surface area contributed by atoms with E-state index in [-0.39, 0.29) is 11.6 Å². The molecule has 0 spiro atoms. The third kappa shape index (κ3) is 4.83. The van der Waals surface area contributed by atoms with Crippen LogP contribution in [-0.2, 0) is 19.6 Å². The molecule has 1 aromatic rings. The largest absolute Gasteiger partial charge is 0.452 e. The maximum absolute atomic E-state index is 14.3. The van der Waals surface area contributed by atoms with E-state index in [1.165, 1.54) is 29.6 Å². The average molecular weight is 467 g/mol. The van der Waals surface area contributed by atoms with E-state index in [0.717, 1.165) is 43.7 Å². The van der Waals surface area contributed by atoms with Gasteiger partial charge in [-0.25, -0.2) is 17.6 Å². The smallest absolute Gasteiger partial charge is 0.338 e. The quantitative estimate of drug-likeness (QED) is 0.624. The van der Waals surface area contributed by atoms with Crippen molar-refractivity contribution >= 4 is 21.9 Å². The van der Waals surface area contributed by atoms with Gasteiger partial charge in [-0.2, -0.15) is 4.31 Å². The van der Waals surface area contributed by atoms with Crippen LogP contribution in [0.15, 0.2) is 23.1 Å². The molecule has 4 rings (SSSR count). The number of hydrogen-bond donors (Lipinski definition) is 1. The van der Waals surface area contributed by atoms with Gasteiger partial charge in [-0.05, 0) is 75.0 Å². The Morgan fingerprint density at radius 2 is 1.94 bits per heavy atom. The molecule has 32 heavy (non-hydrogen) atoms. The lowest BCUT2D eigenvalue weighted by Crippen LogP contribution is -2.42. The normalized spacial score (nSPS) is 26.6. The Labute approximate surface area is 188 Å². The number of nitrogens with one attached hydrogen (secondary N) is 1. The van der Waals surface area contributed by atoms with E-state index in [4.69, 9.17) is 4.74 Å². The summed E-state index contributed by atoms with van der Waals surface area (Å²) in [5.41, 5.74) is -0.101. The van der Waals surface area contributed by atoms with E-state index in [1.54, 1.807) is 0 Å². The monoisotopic (exact) mass is 466 g/mol. The number of ether oxygens (including phenoxy) is 1. The van der Waals surface area contributed by atoms with Gasteiger partial charge in [0.25, 0.3) is 5.91 Å². The van der Waals surface area contributed by atoms with Crippen molar-refractivity contribution in [2.45, 2.75) is 62.8 Å². The third-order valence-corrected chi connectivity index (χ3v) is 9.17. The summed E-state index contributed by atoms with van der Waals surface area (Å²) in [6, 6.07) is 3.13. The van der Waals surface area contributed by atoms with Gasteiger partial charge in [0, 0.05) is 19.1 Å². The standard InChI is InChI=1S/C23H31FN2O5S/c1-15(19-12-16-5-6-17(19)11-16)25-22(27)14-31-23(28)18-7-8-20(24)21(13-18)32(29,30)26-9-3-2-4-10-26/h7-8,13,15-17,19H,2-6,9-12,14H2,1H3,(H,25,27)/t15-,16-,17-,19-/m1/s1. The lowest BCUT2D eigenvalue weighted by atomic mass is 9.84. The molecule has 2 aliphatic carbocycles. The van der Waals surface area contributed by atoms with E-state index < -0.39 is 39.2 Å². The molecule has 4 atom stereocenters. The molecule has 1 saturated heterocycles. The van der Waals surface area contributed by atoms with Gasteiger partial charge in [0.1, 0.15) is 10.7 Å². The molecule has 0 unspecified atom stereocenters. The second kappa shape index (κ2) is 9.47. The highest BCUT2D eigenvalue weighted by Gasteiger charge is 2.42. The number of esters is 1. The summed E-state index contributed by atoms with van der Waals surface area (Å²) in [5.74, 6) is -0.259. The Hall–Kier alpha value is -2.00. The minimum Gasteiger partial charge on any atom is -0.452 e. The first-order valence-corrected chi connectivity index (χ1v) is 13.0. The van der Waals surface area contributed by atoms with Crippen LogP contribution in [0.2, 0.25) is 0 Å². The molecule has 0 aromatic heterocycles. The fourth-order valence-corrected chi connectivity index (χ4v) is 7.20. The van der Waals surface area contributed by atoms with E-state index in [0.29, 0.717) is 24.9 Å². The minimum absolute atomic E-state index is 0.0172. The lowest BCUT2D eigenvalue weighted by molar-refractivity contribution is -0.125. The molecule has 0 radical (unpaired) electrons. The average Bonchev–Trinajstić information content (AvgIpc) is 3.42. The molecular formula is C23H31FN2O5S. The summed E-state index contributed by atoms with van der Waals surface area (Å²) < 4.78 is 46.3. The molecule has 176 valence electrons. The van der Waals surface area contributed by atoms with Crippen molar-refractivity contribution in [2.75, 3.05) is 19.7 Å². The number of fused-ring (bicyclic) bond motifs is 2. The second-order valence-corrected chi connectivity index (χ2v) is 11.3. The lowest BCUT2D eigenvalue weighted by Gasteiger charge is -2.28. The van der Waals surface area contributed by atoms with Crippen LogP contribution >= 0.6 is 0 Å². The van der Waals surface area contributed by atoms with Gasteiger partial charge in [-0.3, -0.25) is 4.79 Å². The zero-order chi connectivity index (χ0) is 22.9. The van der Waals surface area contributed by atoms with E-state index in [9.17, 15) is 22.4 Å². The Morgan fingerprint density at radius 1 is 1.19 bits per heavy atom. The predicted molar refractivity (Wildman–Crippen MR) is 116 cm³/mol. The molecule has 2 saturated carbocycles. The number of rotatable bonds is 7. The summed E-state index contributed by atoms with van der Waals surface area (Å²) >= 11 is 0. The number of halogens is 1. The molecule has 1 heterocycles. The Kier molecular flexibility index (Phi) is 6.86. The summed E-state index contributed by atoms with van der Waals surface area (Å²) in [6.07, 6.45) is 7.26. The molecule has 7 nitrogen and oxygen atoms in total. The van der Waals surface area contributed by atoms with Crippen molar-refractivity contribution in [3.05, 3.63) is 29.6 Å². The molecule has 1 N–H and O–H groups in total. The van der Waals surface area contributed by atoms with Crippen molar-refractivity contribution in [1.29, 1.82) is 0 Å². The van der Waals surface area contributed by atoms with Gasteiger partial charge in [-0.15, -0.1) is 0 Å². The van der Waals surface area contributed by atoms with Crippen LogP contribution < -0.4 is 5.32 Å². The molecule has 3 fully saturated rings. The number of nitrogens with zero attached hydrogens (tertiary/aromatic N) is 1. The summed E-state index contributed by atoms with van der Waals surface area (Å²) in [7, 11) is -4.04. The second-order valence-electron chi connectivity index (χ2n) is 9.38. The zero-order valence-electron chi connectivity index (χ0n) is 18.4. The van der Waals surface area contributed by atoms with E-state index in [2.05, 4.69) is 5.32 Å². The summed E-state index contributed by atoms with van der Waals surface area (Å²) in [6.45, 7) is 2.19. The molecule has 9 heteroatoms. The first-order chi connectivity index (χ1) is 15.3. The van der Waals surface area contributed by atoms with Crippen LogP contribution in [0.5, 0.6) is 0 Å². The molecule has 2 bridgehead atoms. The van der Waals surface area contributed by atoms with Crippen molar-refractivity contribution in [1.82, 2.24) is 9.62 Å². The van der Waals surface area contributed by atoms with Gasteiger partial charge >= 0.3 is 5.97 Å². The first-order valence-electron chi connectivity index (χ1n) is 11.5. The van der Waals surface area contributed by atoms with E-state index >= 15 is 0 Å². The highest BCUT2D eigenvalue weighted by molar-refractivity contribution is 7.89. The summed E-state index contributed by atoms with van der Waals surface area (Å²) in [4.78, 5) is 24.2. The number of amides is 1. The molecule has 3 aliphatic rings. The SMILES string of the molecule is C[C@@H](NC(=O)COC(=O)c1ccc(F)c(S(=O)(=O)N2CCCCC2)c1)[C@H]1C[C@@H]2CC[C@@H]1C2. The Bertz CT molecular complexity index is 977. The van der Waals surface area contributed by atoms with Crippen molar-refractivity contribution in [3.8, 4) is 0 Å². The van der Waals surface area contributed by atoms with Crippen LogP contribution in [-0.4, -0.2) is 50.3 Å². The summed E-state index contributed by atoms with van der Waals surface area (Å²) in [5, 5.41) is 2.92. The van der Waals surface area contributed by atoms with Gasteiger partial charge in [0.05, 0.1) is 5.56 Å². The van der Waals surface area contributed by atoms with Crippen LogP contribution in [0.25, 0.3) is 0 Å². The van der Waals surface area contributed by atoms with Crippen molar-refractivity contribution in [3.63, 3.8) is 0 Å².